The van der Waals surface area contributed by atoms with Crippen molar-refractivity contribution in [1.82, 2.24) is 29.9 Å². The highest BCUT2D eigenvalue weighted by molar-refractivity contribution is 5.49. The molecule has 0 saturated carbocycles. The van der Waals surface area contributed by atoms with Crippen molar-refractivity contribution in [3.05, 3.63) is 48.1 Å². The average molecular weight is 321 g/mol. The minimum atomic E-state index is 0.183. The van der Waals surface area contributed by atoms with E-state index in [0.29, 0.717) is 0 Å². The van der Waals surface area contributed by atoms with Gasteiger partial charge in [-0.2, -0.15) is 0 Å². The zero-order valence-electron chi connectivity index (χ0n) is 13.8. The fourth-order valence-electron chi connectivity index (χ4n) is 3.14. The molecule has 1 aliphatic heterocycles. The molecule has 7 nitrogen and oxygen atoms in total. The Balaban J connectivity index is 1.67. The highest BCUT2D eigenvalue weighted by atomic mass is 15.2. The van der Waals surface area contributed by atoms with Crippen LogP contribution in [0.2, 0.25) is 0 Å². The summed E-state index contributed by atoms with van der Waals surface area (Å²) in [5, 5.41) is 0. The van der Waals surface area contributed by atoms with Crippen LogP contribution in [0.25, 0.3) is 11.5 Å². The van der Waals surface area contributed by atoms with Gasteiger partial charge in [-0.05, 0) is 26.7 Å². The highest BCUT2D eigenvalue weighted by Gasteiger charge is 2.29. The number of aryl methyl sites for hydroxylation is 2. The molecule has 1 saturated heterocycles. The topological polar surface area (TPSA) is 83.5 Å². The molecule has 0 spiro atoms. The summed E-state index contributed by atoms with van der Waals surface area (Å²) >= 11 is 0. The van der Waals surface area contributed by atoms with Gasteiger partial charge in [0.1, 0.15) is 17.8 Å². The Hall–Kier alpha value is -2.83. The first-order valence-corrected chi connectivity index (χ1v) is 8.10. The summed E-state index contributed by atoms with van der Waals surface area (Å²) < 4.78 is 0. The maximum Gasteiger partial charge on any atom is 0.157 e. The lowest BCUT2D eigenvalue weighted by molar-refractivity contribution is 0.682. The van der Waals surface area contributed by atoms with Crippen molar-refractivity contribution in [2.24, 2.45) is 0 Å². The van der Waals surface area contributed by atoms with Gasteiger partial charge in [-0.25, -0.2) is 19.9 Å². The first-order valence-electron chi connectivity index (χ1n) is 8.10. The molecule has 3 aromatic rings. The van der Waals surface area contributed by atoms with Crippen LogP contribution >= 0.6 is 0 Å². The summed E-state index contributed by atoms with van der Waals surface area (Å²) in [4.78, 5) is 27.6. The number of rotatable bonds is 3. The Morgan fingerprint density at radius 1 is 1.12 bits per heavy atom. The van der Waals surface area contributed by atoms with Crippen molar-refractivity contribution >= 4 is 5.82 Å². The molecule has 1 fully saturated rings. The molecule has 4 heterocycles. The van der Waals surface area contributed by atoms with E-state index in [2.05, 4.69) is 29.8 Å². The smallest absolute Gasteiger partial charge is 0.157 e. The van der Waals surface area contributed by atoms with Crippen LogP contribution in [0.3, 0.4) is 0 Å². The van der Waals surface area contributed by atoms with Gasteiger partial charge in [0.05, 0.1) is 24.1 Å². The third kappa shape index (κ3) is 2.73. The first-order chi connectivity index (χ1) is 11.7. The van der Waals surface area contributed by atoms with Gasteiger partial charge in [0.2, 0.25) is 0 Å². The molecule has 0 aromatic carbocycles. The van der Waals surface area contributed by atoms with E-state index in [1.54, 1.807) is 18.7 Å². The van der Waals surface area contributed by atoms with Gasteiger partial charge in [-0.1, -0.05) is 0 Å². The number of nitrogens with zero attached hydrogens (tertiary/aromatic N) is 6. The van der Waals surface area contributed by atoms with E-state index < -0.39 is 0 Å². The molecule has 1 N–H and O–H groups in total. The zero-order valence-corrected chi connectivity index (χ0v) is 13.8. The first kappa shape index (κ1) is 14.7. The standard InChI is InChI=1S/C17H19N7/c1-11-6-16(21-10-20-11)24-5-3-4-15(24)13-8-18-9-14(23-13)17-19-7-12(2)22-17/h6-10,15H,3-5H2,1-2H3,(H,19,22)/t15-/m0/s1. The molecule has 0 radical (unpaired) electrons. The fraction of sp³-hybridized carbons (Fsp3) is 0.353. The SMILES string of the molecule is Cc1cc(N2CCC[C@H]2c2cncc(-c3ncc(C)[nH]3)n2)ncn1. The molecule has 0 aliphatic carbocycles. The number of anilines is 1. The summed E-state index contributed by atoms with van der Waals surface area (Å²) in [5.41, 5.74) is 3.70. The lowest BCUT2D eigenvalue weighted by Gasteiger charge is -2.25. The van der Waals surface area contributed by atoms with Crippen molar-refractivity contribution in [3.63, 3.8) is 0 Å². The van der Waals surface area contributed by atoms with E-state index >= 15 is 0 Å². The zero-order chi connectivity index (χ0) is 16.5. The van der Waals surface area contributed by atoms with Crippen molar-refractivity contribution < 1.29 is 0 Å². The van der Waals surface area contributed by atoms with Gasteiger partial charge >= 0.3 is 0 Å². The quantitative estimate of drug-likeness (QED) is 0.798. The maximum absolute atomic E-state index is 4.80. The van der Waals surface area contributed by atoms with E-state index in [9.17, 15) is 0 Å². The van der Waals surface area contributed by atoms with Crippen molar-refractivity contribution in [3.8, 4) is 11.5 Å². The number of hydrogen-bond acceptors (Lipinski definition) is 6. The third-order valence-electron chi connectivity index (χ3n) is 4.28. The average Bonchev–Trinajstić information content (AvgIpc) is 3.24. The molecule has 24 heavy (non-hydrogen) atoms. The van der Waals surface area contributed by atoms with Crippen LogP contribution in [0.5, 0.6) is 0 Å². The molecule has 0 bridgehead atoms. The summed E-state index contributed by atoms with van der Waals surface area (Å²) in [7, 11) is 0. The normalized spacial score (nSPS) is 17.4. The van der Waals surface area contributed by atoms with Gasteiger partial charge < -0.3 is 9.88 Å². The molecule has 7 heteroatoms. The predicted molar refractivity (Wildman–Crippen MR) is 90.4 cm³/mol. The molecule has 3 aromatic heterocycles. The van der Waals surface area contributed by atoms with Gasteiger partial charge in [0.15, 0.2) is 5.82 Å². The lowest BCUT2D eigenvalue weighted by atomic mass is 10.1. The summed E-state index contributed by atoms with van der Waals surface area (Å²) in [5.74, 6) is 1.70. The van der Waals surface area contributed by atoms with E-state index in [1.807, 2.05) is 26.1 Å². The number of hydrogen-bond donors (Lipinski definition) is 1. The second-order valence-electron chi connectivity index (χ2n) is 6.11. The van der Waals surface area contributed by atoms with Crippen LogP contribution in [0, 0.1) is 13.8 Å². The molecule has 0 amide bonds. The maximum atomic E-state index is 4.80. The lowest BCUT2D eigenvalue weighted by Crippen LogP contribution is -2.24. The molecule has 0 unspecified atom stereocenters. The van der Waals surface area contributed by atoms with E-state index in [1.165, 1.54) is 0 Å². The van der Waals surface area contributed by atoms with E-state index in [-0.39, 0.29) is 6.04 Å². The van der Waals surface area contributed by atoms with Crippen molar-refractivity contribution in [2.75, 3.05) is 11.4 Å². The monoisotopic (exact) mass is 321 g/mol. The van der Waals surface area contributed by atoms with Crippen molar-refractivity contribution in [1.29, 1.82) is 0 Å². The second-order valence-corrected chi connectivity index (χ2v) is 6.11. The Bertz CT molecular complexity index is 857. The minimum absolute atomic E-state index is 0.183. The summed E-state index contributed by atoms with van der Waals surface area (Å²) in [6.07, 6.45) is 9.16. The van der Waals surface area contributed by atoms with Gasteiger partial charge in [-0.15, -0.1) is 0 Å². The number of aromatic amines is 1. The predicted octanol–water partition coefficient (Wildman–Crippen LogP) is 2.62. The van der Waals surface area contributed by atoms with Crippen LogP contribution in [-0.4, -0.2) is 36.4 Å². The van der Waals surface area contributed by atoms with Crippen LogP contribution in [0.1, 0.15) is 36.0 Å². The molecular formula is C17H19N7. The van der Waals surface area contributed by atoms with Gasteiger partial charge in [-0.3, -0.25) is 4.98 Å². The Kier molecular flexibility index (Phi) is 3.68. The van der Waals surface area contributed by atoms with E-state index in [0.717, 1.165) is 53.8 Å². The Morgan fingerprint density at radius 3 is 2.83 bits per heavy atom. The fourth-order valence-corrected chi connectivity index (χ4v) is 3.14. The molecule has 1 atom stereocenters. The van der Waals surface area contributed by atoms with Crippen LogP contribution < -0.4 is 4.90 Å². The van der Waals surface area contributed by atoms with Crippen LogP contribution in [0.4, 0.5) is 5.82 Å². The summed E-state index contributed by atoms with van der Waals surface area (Å²) in [6, 6.07) is 2.20. The molecule has 4 rings (SSSR count). The number of H-pyrrole nitrogens is 1. The van der Waals surface area contributed by atoms with Gasteiger partial charge in [0.25, 0.3) is 0 Å². The third-order valence-corrected chi connectivity index (χ3v) is 4.28. The largest absolute Gasteiger partial charge is 0.348 e. The second kappa shape index (κ2) is 5.99. The van der Waals surface area contributed by atoms with Crippen LogP contribution in [-0.2, 0) is 0 Å². The molecule has 1 aliphatic rings. The van der Waals surface area contributed by atoms with Gasteiger partial charge in [0, 0.05) is 30.2 Å². The molecule has 122 valence electrons. The van der Waals surface area contributed by atoms with E-state index in [4.69, 9.17) is 4.98 Å². The minimum Gasteiger partial charge on any atom is -0.348 e. The Labute approximate surface area is 140 Å². The number of aromatic nitrogens is 6. The van der Waals surface area contributed by atoms with Crippen molar-refractivity contribution in [2.45, 2.75) is 32.7 Å². The highest BCUT2D eigenvalue weighted by Crippen LogP contribution is 2.34. The molecular weight excluding hydrogens is 302 g/mol. The summed E-state index contributed by atoms with van der Waals surface area (Å²) in [6.45, 7) is 4.92. The number of imidazole rings is 1. The van der Waals surface area contributed by atoms with Crippen LogP contribution in [0.15, 0.2) is 31.0 Å². The Morgan fingerprint density at radius 2 is 2.04 bits per heavy atom. The number of nitrogens with one attached hydrogen (secondary N) is 1.